The van der Waals surface area contributed by atoms with E-state index < -0.39 is 0 Å². The topological polar surface area (TPSA) is 0 Å². The molecule has 0 aromatic carbocycles. The summed E-state index contributed by atoms with van der Waals surface area (Å²) in [6.45, 7) is 13.5. The number of rotatable bonds is 2. The lowest BCUT2D eigenvalue weighted by Crippen LogP contribution is -1.84. The van der Waals surface area contributed by atoms with Gasteiger partial charge in [-0.3, -0.25) is 0 Å². The molecular weight excluding hydrogens is 553 g/mol. The van der Waals surface area contributed by atoms with Crippen molar-refractivity contribution in [3.8, 4) is 0 Å². The molecule has 31 heavy (non-hydrogen) atoms. The number of hydrogen-bond acceptors (Lipinski definition) is 9. The van der Waals surface area contributed by atoms with E-state index in [1.807, 2.05) is 105 Å². The fourth-order valence-corrected chi connectivity index (χ4v) is 15.0. The van der Waals surface area contributed by atoms with Crippen LogP contribution in [-0.4, -0.2) is 0 Å². The molecule has 0 aliphatic carbocycles. The number of thiophene rings is 1. The fourth-order valence-electron chi connectivity index (χ4n) is 3.10. The van der Waals surface area contributed by atoms with E-state index in [9.17, 15) is 0 Å². The van der Waals surface area contributed by atoms with Crippen LogP contribution in [0.3, 0.4) is 0 Å². The highest BCUT2D eigenvalue weighted by atomic mass is 32.2. The third kappa shape index (κ3) is 4.61. The Balaban J connectivity index is 1.41. The Kier molecular flexibility index (Phi) is 7.28. The minimum Gasteiger partial charge on any atom is -0.151 e. The van der Waals surface area contributed by atoms with Crippen LogP contribution in [0, 0.1) is 0 Å². The standard InChI is InChI=1S/C22H20S9/c1-9-10(2)25-19(24-9)21-28-13(5)17(30-21)15-7-23-8-16(15)18-14(6)29-22(31-18)20-26-11(3)12(4)27-20/h7-8H,1-6H3. The zero-order valence-electron chi connectivity index (χ0n) is 17.8. The third-order valence-electron chi connectivity index (χ3n) is 4.98. The van der Waals surface area contributed by atoms with Gasteiger partial charge < -0.3 is 0 Å². The van der Waals surface area contributed by atoms with Crippen molar-refractivity contribution in [1.29, 1.82) is 0 Å². The Morgan fingerprint density at radius 3 is 1.03 bits per heavy atom. The van der Waals surface area contributed by atoms with Gasteiger partial charge >= 0.3 is 0 Å². The van der Waals surface area contributed by atoms with Gasteiger partial charge in [-0.05, 0) is 71.9 Å². The average Bonchev–Trinajstić information content (AvgIpc) is 3.51. The van der Waals surface area contributed by atoms with Crippen LogP contribution in [0.5, 0.6) is 0 Å². The summed E-state index contributed by atoms with van der Waals surface area (Å²) in [6, 6.07) is 0. The van der Waals surface area contributed by atoms with Crippen LogP contribution in [-0.2, 0) is 0 Å². The van der Waals surface area contributed by atoms with Crippen LogP contribution in [0.4, 0.5) is 0 Å². The van der Waals surface area contributed by atoms with Crippen molar-refractivity contribution in [3.63, 3.8) is 0 Å². The molecule has 0 bridgehead atoms. The SMILES string of the molecule is CC1=C(C)SC(=C2SC(C)=C(c3cscc3C3=C(C)SC(=C4SC(C)=C(C)S4)S3)S2)S1. The van der Waals surface area contributed by atoms with Gasteiger partial charge in [0.1, 0.15) is 0 Å². The summed E-state index contributed by atoms with van der Waals surface area (Å²) in [7, 11) is 0. The third-order valence-corrected chi connectivity index (χ3v) is 17.3. The quantitative estimate of drug-likeness (QED) is 0.339. The first-order valence-electron chi connectivity index (χ1n) is 9.56. The highest BCUT2D eigenvalue weighted by Crippen LogP contribution is 2.65. The van der Waals surface area contributed by atoms with Gasteiger partial charge in [0.25, 0.3) is 0 Å². The van der Waals surface area contributed by atoms with E-state index in [-0.39, 0.29) is 0 Å². The second kappa shape index (κ2) is 9.53. The first-order valence-corrected chi connectivity index (χ1v) is 17.0. The zero-order valence-corrected chi connectivity index (χ0v) is 25.2. The largest absolute Gasteiger partial charge is 0.151 e. The Morgan fingerprint density at radius 2 is 0.677 bits per heavy atom. The lowest BCUT2D eigenvalue weighted by atomic mass is 10.1. The second-order valence-electron chi connectivity index (χ2n) is 7.16. The molecule has 0 nitrogen and oxygen atoms in total. The van der Waals surface area contributed by atoms with Gasteiger partial charge in [-0.2, -0.15) is 11.3 Å². The molecule has 4 aliphatic heterocycles. The lowest BCUT2D eigenvalue weighted by Gasteiger charge is -2.08. The monoisotopic (exact) mass is 572 g/mol. The smallest absolute Gasteiger partial charge is 0.0703 e. The molecule has 0 amide bonds. The number of hydrogen-bond donors (Lipinski definition) is 0. The van der Waals surface area contributed by atoms with Crippen LogP contribution in [0.25, 0.3) is 9.81 Å². The summed E-state index contributed by atoms with van der Waals surface area (Å²) in [5, 5.41) is 4.70. The van der Waals surface area contributed by atoms with Crippen molar-refractivity contribution in [2.45, 2.75) is 41.5 Å². The van der Waals surface area contributed by atoms with Crippen LogP contribution in [0.1, 0.15) is 52.7 Å². The highest BCUT2D eigenvalue weighted by molar-refractivity contribution is 8.36. The molecule has 9 heteroatoms. The molecule has 1 aromatic rings. The van der Waals surface area contributed by atoms with Gasteiger partial charge in [-0.1, -0.05) is 94.1 Å². The van der Waals surface area contributed by atoms with Crippen LogP contribution in [0.2, 0.25) is 0 Å². The second-order valence-corrected chi connectivity index (χ2v) is 18.3. The molecule has 4 aliphatic rings. The molecule has 1 aromatic heterocycles. The van der Waals surface area contributed by atoms with Crippen LogP contribution < -0.4 is 0 Å². The van der Waals surface area contributed by atoms with Gasteiger partial charge in [0, 0.05) is 30.7 Å². The normalized spacial score (nSPS) is 22.6. The Morgan fingerprint density at radius 1 is 0.387 bits per heavy atom. The molecule has 0 unspecified atom stereocenters. The van der Waals surface area contributed by atoms with E-state index in [1.54, 1.807) is 0 Å². The average molecular weight is 573 g/mol. The predicted molar refractivity (Wildman–Crippen MR) is 161 cm³/mol. The Labute approximate surface area is 222 Å². The molecular formula is C22H20S9. The summed E-state index contributed by atoms with van der Waals surface area (Å²) in [5.41, 5.74) is 2.83. The molecule has 0 saturated heterocycles. The Bertz CT molecular complexity index is 1060. The van der Waals surface area contributed by atoms with Gasteiger partial charge in [0.05, 0.1) is 16.9 Å². The molecule has 0 radical (unpaired) electrons. The number of allylic oxidation sites excluding steroid dienone is 6. The van der Waals surface area contributed by atoms with E-state index in [1.165, 1.54) is 67.3 Å². The van der Waals surface area contributed by atoms with Crippen molar-refractivity contribution in [1.82, 2.24) is 0 Å². The Hall–Kier alpha value is 0.940. The van der Waals surface area contributed by atoms with E-state index in [2.05, 4.69) is 52.3 Å². The molecule has 0 fully saturated rings. The van der Waals surface area contributed by atoms with E-state index in [0.717, 1.165) is 0 Å². The maximum atomic E-state index is 2.35. The lowest BCUT2D eigenvalue weighted by molar-refractivity contribution is 1.57. The van der Waals surface area contributed by atoms with Crippen molar-refractivity contribution in [2.75, 3.05) is 0 Å². The number of thioether (sulfide) groups is 8. The van der Waals surface area contributed by atoms with E-state index in [0.29, 0.717) is 0 Å². The molecule has 162 valence electrons. The van der Waals surface area contributed by atoms with Gasteiger partial charge in [0.2, 0.25) is 0 Å². The van der Waals surface area contributed by atoms with Gasteiger partial charge in [0.15, 0.2) is 0 Å². The van der Waals surface area contributed by atoms with E-state index in [4.69, 9.17) is 0 Å². The molecule has 0 N–H and O–H groups in total. The summed E-state index contributed by atoms with van der Waals surface area (Å²) < 4.78 is 5.82. The zero-order chi connectivity index (χ0) is 21.9. The summed E-state index contributed by atoms with van der Waals surface area (Å²) in [6.07, 6.45) is 0. The predicted octanol–water partition coefficient (Wildman–Crippen LogP) is 11.8. The van der Waals surface area contributed by atoms with Crippen molar-refractivity contribution in [2.24, 2.45) is 0 Å². The first kappa shape index (κ1) is 23.7. The van der Waals surface area contributed by atoms with Crippen LogP contribution in [0.15, 0.2) is 57.1 Å². The molecule has 5 heterocycles. The molecule has 5 rings (SSSR count). The van der Waals surface area contributed by atoms with E-state index >= 15 is 0 Å². The van der Waals surface area contributed by atoms with Crippen molar-refractivity contribution in [3.05, 3.63) is 68.3 Å². The minimum atomic E-state index is 1.41. The van der Waals surface area contributed by atoms with Crippen LogP contribution >= 0.6 is 105 Å². The maximum Gasteiger partial charge on any atom is 0.0703 e. The molecule has 0 atom stereocenters. The molecule has 0 saturated carbocycles. The first-order chi connectivity index (χ1) is 14.8. The summed E-state index contributed by atoms with van der Waals surface area (Å²) in [5.74, 6) is 0. The summed E-state index contributed by atoms with van der Waals surface area (Å²) in [4.78, 5) is 11.5. The van der Waals surface area contributed by atoms with Gasteiger partial charge in [-0.25, -0.2) is 0 Å². The summed E-state index contributed by atoms with van der Waals surface area (Å²) >= 11 is 17.5. The highest BCUT2D eigenvalue weighted by Gasteiger charge is 2.31. The maximum absolute atomic E-state index is 2.35. The van der Waals surface area contributed by atoms with Crippen molar-refractivity contribution >= 4 is 115 Å². The minimum absolute atomic E-state index is 1.41. The fraction of sp³-hybridized carbons (Fsp3) is 0.273. The van der Waals surface area contributed by atoms with Gasteiger partial charge in [-0.15, -0.1) is 0 Å². The van der Waals surface area contributed by atoms with Crippen molar-refractivity contribution < 1.29 is 0 Å². The molecule has 0 spiro atoms.